The SMILES string of the molecule is C.CCOC(=O)c1c(-c2cccc(C(F)(F)F)c2)nc2c(cnn2C)c1Cl.Cl.Cn1ncc2c3[nH]n(-c4cccc(C(=O)O)c4)c(=O)c3c(-c3cccc(C(F)(F)F)c3)nc21.NNc1ccc(Cl)c(C(=O)O)c1.[HH]. The lowest BCUT2D eigenvalue weighted by molar-refractivity contribution is -0.138. The standard InChI is InChI=1S/C22H14F3N5O3.C17H13ClF3N3O2.C7H7ClN2O2.CH4.ClH.H2/c1-29-19-15(10-26-29)18-16(17(27-19)11-4-2-6-13(8-11)22(23,24)25)20(31)30(28-18)14-7-3-5-12(9-14)21(32)33;1-3-26-16(25)12-13(18)11-8-22-24(2)15(11)23-14(12)9-5-4-6-10(7-9)17(19,20)21;8-6-2-1-4(10-9)3-5(6)7(11)12;;;/h2-10,28H,1H3,(H,32,33);4-8H,3H2,1-2H3;1-3,10H,9H2,(H,11,12);1H4;2*1H. The van der Waals surface area contributed by atoms with Gasteiger partial charge < -0.3 is 20.4 Å². The third-order valence-electron chi connectivity index (χ3n) is 10.5. The molecular formula is C47H41Cl3F6N10O7. The minimum absolute atomic E-state index is 0. The van der Waals surface area contributed by atoms with Gasteiger partial charge in [-0.25, -0.2) is 29.0 Å². The Bertz CT molecular complexity index is 3620. The summed E-state index contributed by atoms with van der Waals surface area (Å²) in [6.07, 6.45) is -6.17. The zero-order valence-corrected chi connectivity index (χ0v) is 39.4. The summed E-state index contributed by atoms with van der Waals surface area (Å²) in [6, 6.07) is 19.3. The number of carbonyl (C=O) groups excluding carboxylic acids is 1. The van der Waals surface area contributed by atoms with Crippen LogP contribution in [0.25, 0.3) is 61.2 Å². The number of hydrazine groups is 1. The van der Waals surface area contributed by atoms with Crippen molar-refractivity contribution in [2.24, 2.45) is 19.9 Å². The van der Waals surface area contributed by atoms with Crippen molar-refractivity contribution in [2.75, 3.05) is 12.0 Å². The van der Waals surface area contributed by atoms with Crippen LogP contribution in [0.4, 0.5) is 32.0 Å². The summed E-state index contributed by atoms with van der Waals surface area (Å²) in [4.78, 5) is 56.5. The van der Waals surface area contributed by atoms with Gasteiger partial charge in [-0.3, -0.25) is 25.1 Å². The number of aromatic carboxylic acids is 2. The summed E-state index contributed by atoms with van der Waals surface area (Å²) >= 11 is 12.0. The van der Waals surface area contributed by atoms with Crippen LogP contribution in [-0.2, 0) is 31.2 Å². The van der Waals surface area contributed by atoms with Crippen molar-refractivity contribution >= 4 is 92.2 Å². The largest absolute Gasteiger partial charge is 0.478 e. The van der Waals surface area contributed by atoms with E-state index in [9.17, 15) is 50.6 Å². The predicted molar refractivity (Wildman–Crippen MR) is 266 cm³/mol. The molecule has 0 saturated heterocycles. The molecule has 0 spiro atoms. The number of hydrogen-bond donors (Lipinski definition) is 5. The lowest BCUT2D eigenvalue weighted by Gasteiger charge is -2.13. The number of fused-ring (bicyclic) bond motifs is 4. The number of esters is 1. The zero-order chi connectivity index (χ0) is 51.7. The average Bonchev–Trinajstić information content (AvgIpc) is 4.02. The molecule has 0 radical (unpaired) electrons. The molecule has 17 nitrogen and oxygen atoms in total. The summed E-state index contributed by atoms with van der Waals surface area (Å²) in [7, 11) is 3.24. The number of hydrogen-bond acceptors (Lipinski definition) is 11. The van der Waals surface area contributed by atoms with E-state index in [0.717, 1.165) is 28.9 Å². The van der Waals surface area contributed by atoms with E-state index in [1.54, 1.807) is 33.2 Å². The van der Waals surface area contributed by atoms with Crippen molar-refractivity contribution in [3.05, 3.63) is 152 Å². The molecule has 9 rings (SSSR count). The molecule has 384 valence electrons. The number of alkyl halides is 6. The third-order valence-corrected chi connectivity index (χ3v) is 11.2. The number of nitrogens with one attached hydrogen (secondary N) is 2. The molecule has 0 aliphatic carbocycles. The second-order valence-electron chi connectivity index (χ2n) is 15.0. The Morgan fingerprint density at radius 3 is 1.88 bits per heavy atom. The summed E-state index contributed by atoms with van der Waals surface area (Å²) in [5.41, 5.74) is 2.01. The number of aromatic nitrogens is 8. The molecule has 73 heavy (non-hydrogen) atoms. The van der Waals surface area contributed by atoms with Crippen molar-refractivity contribution in [1.29, 1.82) is 0 Å². The van der Waals surface area contributed by atoms with Gasteiger partial charge in [-0.1, -0.05) is 61.0 Å². The summed E-state index contributed by atoms with van der Waals surface area (Å²) in [6.45, 7) is 1.70. The van der Waals surface area contributed by atoms with Gasteiger partial charge in [0.05, 0.1) is 90.1 Å². The Morgan fingerprint density at radius 1 is 0.781 bits per heavy atom. The highest BCUT2D eigenvalue weighted by molar-refractivity contribution is 6.39. The van der Waals surface area contributed by atoms with Crippen molar-refractivity contribution in [3.63, 3.8) is 0 Å². The van der Waals surface area contributed by atoms with Crippen LogP contribution in [0.1, 0.15) is 58.0 Å². The number of aromatic amines is 1. The number of H-pyrrole nitrogens is 1. The Kier molecular flexibility index (Phi) is 17.0. The van der Waals surface area contributed by atoms with E-state index >= 15 is 0 Å². The number of nitrogens with zero attached hydrogens (tertiary/aromatic N) is 7. The van der Waals surface area contributed by atoms with Crippen LogP contribution in [0.3, 0.4) is 0 Å². The highest BCUT2D eigenvalue weighted by Gasteiger charge is 2.33. The highest BCUT2D eigenvalue weighted by atomic mass is 35.5. The molecule has 0 saturated carbocycles. The van der Waals surface area contributed by atoms with Crippen LogP contribution < -0.4 is 16.8 Å². The van der Waals surface area contributed by atoms with Crippen molar-refractivity contribution in [2.45, 2.75) is 26.7 Å². The number of benzene rings is 4. The lowest BCUT2D eigenvalue weighted by atomic mass is 10.0. The van der Waals surface area contributed by atoms with E-state index in [1.807, 2.05) is 0 Å². The number of aryl methyl sites for hydroxylation is 2. The number of pyridine rings is 2. The van der Waals surface area contributed by atoms with Crippen LogP contribution in [-0.4, -0.2) is 74.0 Å². The molecule has 0 aliphatic rings. The third kappa shape index (κ3) is 11.5. The van der Waals surface area contributed by atoms with Crippen molar-refractivity contribution < 1.29 is 57.1 Å². The fourth-order valence-corrected chi connectivity index (χ4v) is 7.60. The predicted octanol–water partition coefficient (Wildman–Crippen LogP) is 11.1. The second-order valence-corrected chi connectivity index (χ2v) is 15.8. The van der Waals surface area contributed by atoms with Crippen LogP contribution >= 0.6 is 35.6 Å². The first kappa shape index (κ1) is 55.9. The molecule has 4 aromatic carbocycles. The molecule has 0 bridgehead atoms. The van der Waals surface area contributed by atoms with Gasteiger partial charge in [0, 0.05) is 32.3 Å². The van der Waals surface area contributed by atoms with Gasteiger partial charge in [-0.2, -0.15) is 36.5 Å². The maximum atomic E-state index is 13.4. The van der Waals surface area contributed by atoms with Crippen LogP contribution in [0.5, 0.6) is 0 Å². The van der Waals surface area contributed by atoms with Gasteiger partial charge in [0.25, 0.3) is 5.56 Å². The summed E-state index contributed by atoms with van der Waals surface area (Å²) in [5.74, 6) is 2.08. The number of carboxylic acids is 2. The minimum Gasteiger partial charge on any atom is -0.478 e. The minimum atomic E-state index is -4.57. The van der Waals surface area contributed by atoms with E-state index in [1.165, 1.54) is 76.4 Å². The topological polar surface area (TPSA) is 238 Å². The number of halogens is 9. The maximum absolute atomic E-state index is 13.4. The number of nitrogens with two attached hydrogens (primary N) is 1. The van der Waals surface area contributed by atoms with Gasteiger partial charge >= 0.3 is 30.3 Å². The van der Waals surface area contributed by atoms with E-state index in [2.05, 4.69) is 30.7 Å². The van der Waals surface area contributed by atoms with E-state index < -0.39 is 46.9 Å². The van der Waals surface area contributed by atoms with Gasteiger partial charge in [0.2, 0.25) is 0 Å². The first-order chi connectivity index (χ1) is 33.5. The molecule has 0 aliphatic heterocycles. The smallest absolute Gasteiger partial charge is 0.416 e. The molecular weight excluding hydrogens is 1040 g/mol. The van der Waals surface area contributed by atoms with Crippen molar-refractivity contribution in [3.8, 4) is 28.2 Å². The molecule has 0 amide bonds. The summed E-state index contributed by atoms with van der Waals surface area (Å²) in [5, 5.41) is 30.3. The summed E-state index contributed by atoms with van der Waals surface area (Å²) < 4.78 is 88.2. The Balaban J connectivity index is 0.000000259. The Morgan fingerprint density at radius 2 is 1.33 bits per heavy atom. The molecule has 0 fully saturated rings. The van der Waals surface area contributed by atoms with Gasteiger partial charge in [-0.15, -0.1) is 12.4 Å². The highest BCUT2D eigenvalue weighted by Crippen LogP contribution is 2.38. The first-order valence-corrected chi connectivity index (χ1v) is 21.1. The van der Waals surface area contributed by atoms with Gasteiger partial charge in [-0.05, 0) is 67.6 Å². The molecule has 5 aromatic heterocycles. The number of nitrogen functional groups attached to an aromatic ring is 1. The van der Waals surface area contributed by atoms with Gasteiger partial charge in [0.15, 0.2) is 11.3 Å². The van der Waals surface area contributed by atoms with Gasteiger partial charge in [0.1, 0.15) is 5.56 Å². The van der Waals surface area contributed by atoms with E-state index in [0.29, 0.717) is 33.3 Å². The van der Waals surface area contributed by atoms with E-state index in [4.69, 9.17) is 38.9 Å². The number of anilines is 1. The second kappa shape index (κ2) is 22.2. The number of carbonyl (C=O) groups is 3. The number of ether oxygens (including phenoxy) is 1. The Labute approximate surface area is 425 Å². The number of rotatable bonds is 8. The fraction of sp³-hybridized carbons (Fsp3) is 0.149. The van der Waals surface area contributed by atoms with Crippen LogP contribution in [0.15, 0.2) is 108 Å². The zero-order valence-electron chi connectivity index (χ0n) is 37.1. The monoisotopic (exact) mass is 1080 g/mol. The fourth-order valence-electron chi connectivity index (χ4n) is 7.10. The molecule has 0 atom stereocenters. The molecule has 0 unspecified atom stereocenters. The van der Waals surface area contributed by atoms with Crippen molar-refractivity contribution in [1.82, 2.24) is 39.3 Å². The average molecular weight is 1080 g/mol. The molecule has 9 aromatic rings. The normalized spacial score (nSPS) is 11.2. The quantitative estimate of drug-likeness (QED) is 0.0412. The maximum Gasteiger partial charge on any atom is 0.416 e. The number of carboxylic acid groups (broad SMARTS) is 2. The lowest BCUT2D eigenvalue weighted by Crippen LogP contribution is -2.15. The van der Waals surface area contributed by atoms with E-state index in [-0.39, 0.29) is 88.2 Å². The van der Waals surface area contributed by atoms with Crippen LogP contribution in [0.2, 0.25) is 10.0 Å². The van der Waals surface area contributed by atoms with Crippen LogP contribution in [0, 0.1) is 0 Å². The molecule has 6 N–H and O–H groups in total. The Hall–Kier alpha value is -7.99. The molecule has 26 heteroatoms. The first-order valence-electron chi connectivity index (χ1n) is 20.4. The molecule has 5 heterocycles.